The van der Waals surface area contributed by atoms with E-state index < -0.39 is 5.97 Å². The van der Waals surface area contributed by atoms with E-state index in [0.717, 1.165) is 28.7 Å². The number of aryl methyl sites for hydroxylation is 1. The first-order valence-corrected chi connectivity index (χ1v) is 6.45. The molecule has 19 heavy (non-hydrogen) atoms. The van der Waals surface area contributed by atoms with Crippen LogP contribution in [-0.4, -0.2) is 22.1 Å². The van der Waals surface area contributed by atoms with E-state index in [1.165, 1.54) is 0 Å². The molecule has 2 N–H and O–H groups in total. The maximum absolute atomic E-state index is 10.8. The van der Waals surface area contributed by atoms with Crippen LogP contribution < -0.4 is 5.32 Å². The van der Waals surface area contributed by atoms with Crippen LogP contribution in [0.5, 0.6) is 0 Å². The van der Waals surface area contributed by atoms with Crippen molar-refractivity contribution in [3.05, 3.63) is 36.0 Å². The number of carboxylic acids is 1. The van der Waals surface area contributed by atoms with Crippen LogP contribution in [0.3, 0.4) is 0 Å². The fraction of sp³-hybridized carbons (Fsp3) is 0.333. The molecule has 1 aromatic heterocycles. The lowest BCUT2D eigenvalue weighted by Crippen LogP contribution is -2.22. The third kappa shape index (κ3) is 3.22. The Kier molecular flexibility index (Phi) is 4.00. The highest BCUT2D eigenvalue weighted by Gasteiger charge is 2.12. The van der Waals surface area contributed by atoms with Crippen LogP contribution in [0.1, 0.15) is 25.5 Å². The van der Waals surface area contributed by atoms with E-state index in [1.54, 1.807) is 0 Å². The maximum Gasteiger partial charge on any atom is 0.305 e. The first kappa shape index (κ1) is 13.3. The van der Waals surface area contributed by atoms with E-state index in [9.17, 15) is 4.79 Å². The highest BCUT2D eigenvalue weighted by atomic mass is 16.4. The molecule has 1 heterocycles. The zero-order valence-electron chi connectivity index (χ0n) is 11.2. The number of nitrogens with one attached hydrogen (secondary N) is 1. The van der Waals surface area contributed by atoms with Crippen molar-refractivity contribution in [2.75, 3.05) is 5.32 Å². The molecular formula is C15H18N2O2. The third-order valence-corrected chi connectivity index (χ3v) is 3.12. The molecular weight excluding hydrogens is 240 g/mol. The molecule has 0 bridgehead atoms. The van der Waals surface area contributed by atoms with E-state index in [1.807, 2.05) is 44.2 Å². The average molecular weight is 258 g/mol. The fourth-order valence-corrected chi connectivity index (χ4v) is 2.16. The summed E-state index contributed by atoms with van der Waals surface area (Å²) in [6.45, 7) is 3.92. The zero-order valence-corrected chi connectivity index (χ0v) is 11.2. The molecule has 0 aliphatic rings. The van der Waals surface area contributed by atoms with Crippen molar-refractivity contribution >= 4 is 22.6 Å². The monoisotopic (exact) mass is 258 g/mol. The minimum Gasteiger partial charge on any atom is -0.481 e. The number of carboxylic acid groups (broad SMARTS) is 1. The predicted octanol–water partition coefficient (Wildman–Crippen LogP) is 3.21. The van der Waals surface area contributed by atoms with Crippen molar-refractivity contribution in [3.63, 3.8) is 0 Å². The Morgan fingerprint density at radius 3 is 2.84 bits per heavy atom. The van der Waals surface area contributed by atoms with Gasteiger partial charge in [-0.05, 0) is 25.5 Å². The molecule has 0 amide bonds. The summed E-state index contributed by atoms with van der Waals surface area (Å²) in [5, 5.41) is 13.3. The zero-order chi connectivity index (χ0) is 13.8. The predicted molar refractivity (Wildman–Crippen MR) is 76.4 cm³/mol. The van der Waals surface area contributed by atoms with Crippen LogP contribution >= 0.6 is 0 Å². The second-order valence-electron chi connectivity index (χ2n) is 4.68. The van der Waals surface area contributed by atoms with Crippen molar-refractivity contribution in [1.82, 2.24) is 4.98 Å². The summed E-state index contributed by atoms with van der Waals surface area (Å²) < 4.78 is 0. The summed E-state index contributed by atoms with van der Waals surface area (Å²) in [4.78, 5) is 15.3. The van der Waals surface area contributed by atoms with E-state index in [0.29, 0.717) is 0 Å². The molecule has 0 aliphatic heterocycles. The number of hydrogen-bond acceptors (Lipinski definition) is 3. The quantitative estimate of drug-likeness (QED) is 0.864. The molecule has 0 fully saturated rings. The molecule has 100 valence electrons. The van der Waals surface area contributed by atoms with Crippen LogP contribution in [0.15, 0.2) is 30.3 Å². The van der Waals surface area contributed by atoms with Gasteiger partial charge in [0.1, 0.15) is 0 Å². The molecule has 0 spiro atoms. The Hall–Kier alpha value is -2.10. The Morgan fingerprint density at radius 1 is 1.42 bits per heavy atom. The van der Waals surface area contributed by atoms with Gasteiger partial charge >= 0.3 is 5.97 Å². The van der Waals surface area contributed by atoms with Gasteiger partial charge < -0.3 is 10.4 Å². The Balaban J connectivity index is 2.35. The maximum atomic E-state index is 10.8. The Bertz CT molecular complexity index is 596. The van der Waals surface area contributed by atoms with Crippen LogP contribution in [0, 0.1) is 6.92 Å². The molecule has 1 aromatic carbocycles. The first-order chi connectivity index (χ1) is 9.10. The van der Waals surface area contributed by atoms with Gasteiger partial charge in [0.2, 0.25) is 0 Å². The number of nitrogens with zero attached hydrogens (tertiary/aromatic N) is 1. The van der Waals surface area contributed by atoms with Crippen molar-refractivity contribution < 1.29 is 9.90 Å². The van der Waals surface area contributed by atoms with Gasteiger partial charge in [-0.1, -0.05) is 25.1 Å². The van der Waals surface area contributed by atoms with Gasteiger partial charge in [-0.15, -0.1) is 0 Å². The summed E-state index contributed by atoms with van der Waals surface area (Å²) >= 11 is 0. The molecule has 2 aromatic rings. The van der Waals surface area contributed by atoms with E-state index >= 15 is 0 Å². The van der Waals surface area contributed by atoms with Crippen molar-refractivity contribution in [2.24, 2.45) is 0 Å². The molecule has 4 heteroatoms. The van der Waals surface area contributed by atoms with Crippen LogP contribution in [0.4, 0.5) is 5.69 Å². The van der Waals surface area contributed by atoms with Crippen molar-refractivity contribution in [3.8, 4) is 0 Å². The average Bonchev–Trinajstić information content (AvgIpc) is 2.37. The third-order valence-electron chi connectivity index (χ3n) is 3.12. The van der Waals surface area contributed by atoms with E-state index in [-0.39, 0.29) is 12.5 Å². The smallest absolute Gasteiger partial charge is 0.305 e. The summed E-state index contributed by atoms with van der Waals surface area (Å²) in [6, 6.07) is 9.77. The van der Waals surface area contributed by atoms with Gasteiger partial charge in [0.25, 0.3) is 0 Å². The second-order valence-corrected chi connectivity index (χ2v) is 4.68. The largest absolute Gasteiger partial charge is 0.481 e. The summed E-state index contributed by atoms with van der Waals surface area (Å²) in [6.07, 6.45) is 0.883. The number of pyridine rings is 1. The lowest BCUT2D eigenvalue weighted by molar-refractivity contribution is -0.137. The van der Waals surface area contributed by atoms with Crippen LogP contribution in [0.25, 0.3) is 10.9 Å². The highest BCUT2D eigenvalue weighted by molar-refractivity contribution is 5.91. The first-order valence-electron chi connectivity index (χ1n) is 6.45. The van der Waals surface area contributed by atoms with E-state index in [4.69, 9.17) is 5.11 Å². The minimum absolute atomic E-state index is 0.0669. The number of hydrogen-bond donors (Lipinski definition) is 2. The number of anilines is 1. The summed E-state index contributed by atoms with van der Waals surface area (Å²) in [7, 11) is 0. The lowest BCUT2D eigenvalue weighted by Gasteiger charge is -2.18. The fourth-order valence-electron chi connectivity index (χ4n) is 2.16. The Morgan fingerprint density at radius 2 is 2.16 bits per heavy atom. The molecule has 0 aliphatic carbocycles. The number of aromatic nitrogens is 1. The minimum atomic E-state index is -0.783. The second kappa shape index (κ2) is 5.69. The van der Waals surface area contributed by atoms with E-state index in [2.05, 4.69) is 10.3 Å². The summed E-state index contributed by atoms with van der Waals surface area (Å²) in [5.74, 6) is -0.783. The lowest BCUT2D eigenvalue weighted by atomic mass is 10.1. The molecule has 0 saturated heterocycles. The number of benzene rings is 1. The van der Waals surface area contributed by atoms with Gasteiger partial charge in [0.05, 0.1) is 11.9 Å². The number of para-hydroxylation sites is 1. The highest BCUT2D eigenvalue weighted by Crippen LogP contribution is 2.24. The summed E-state index contributed by atoms with van der Waals surface area (Å²) in [5.41, 5.74) is 2.80. The molecule has 1 unspecified atom stereocenters. The molecule has 0 radical (unpaired) electrons. The topological polar surface area (TPSA) is 62.2 Å². The van der Waals surface area contributed by atoms with Crippen LogP contribution in [-0.2, 0) is 4.79 Å². The number of carbonyl (C=O) groups is 1. The van der Waals surface area contributed by atoms with Gasteiger partial charge in [-0.3, -0.25) is 9.78 Å². The molecule has 4 nitrogen and oxygen atoms in total. The molecule has 0 saturated carbocycles. The van der Waals surface area contributed by atoms with Gasteiger partial charge in [0, 0.05) is 22.8 Å². The molecule has 1 atom stereocenters. The normalized spacial score (nSPS) is 12.3. The number of fused-ring (bicyclic) bond motifs is 1. The van der Waals surface area contributed by atoms with Crippen molar-refractivity contribution in [2.45, 2.75) is 32.7 Å². The standard InChI is InChI=1S/C15H18N2O2/c1-3-11(9-15(18)19)17-14-8-10(2)16-13-7-5-4-6-12(13)14/h4-8,11H,3,9H2,1-2H3,(H,16,17)(H,18,19). The van der Waals surface area contributed by atoms with Crippen molar-refractivity contribution in [1.29, 1.82) is 0 Å². The van der Waals surface area contributed by atoms with Gasteiger partial charge in [-0.25, -0.2) is 0 Å². The van der Waals surface area contributed by atoms with Gasteiger partial charge in [-0.2, -0.15) is 0 Å². The molecule has 2 rings (SSSR count). The number of aliphatic carboxylic acids is 1. The number of rotatable bonds is 5. The van der Waals surface area contributed by atoms with Crippen LogP contribution in [0.2, 0.25) is 0 Å². The Labute approximate surface area is 112 Å². The SMILES string of the molecule is CCC(CC(=O)O)Nc1cc(C)nc2ccccc12. The van der Waals surface area contributed by atoms with Gasteiger partial charge in [0.15, 0.2) is 0 Å².